The lowest BCUT2D eigenvalue weighted by Crippen LogP contribution is -2.00. The minimum absolute atomic E-state index is 0.308. The van der Waals surface area contributed by atoms with Crippen molar-refractivity contribution < 1.29 is 13.9 Å². The predicted molar refractivity (Wildman–Crippen MR) is 76.0 cm³/mol. The van der Waals surface area contributed by atoms with Crippen molar-refractivity contribution >= 4 is 11.0 Å². The molecule has 0 aliphatic rings. The third-order valence-electron chi connectivity index (χ3n) is 3.38. The molecule has 20 heavy (non-hydrogen) atoms. The van der Waals surface area contributed by atoms with Crippen LogP contribution < -0.4 is 0 Å². The maximum absolute atomic E-state index is 13.1. The topological polar surface area (TPSA) is 33.4 Å². The molecule has 3 heteroatoms. The van der Waals surface area contributed by atoms with Crippen LogP contribution in [0.2, 0.25) is 0 Å². The van der Waals surface area contributed by atoms with Crippen LogP contribution in [0.5, 0.6) is 0 Å². The smallest absolute Gasteiger partial charge is 0.134 e. The first-order valence-corrected chi connectivity index (χ1v) is 6.54. The van der Waals surface area contributed by atoms with Gasteiger partial charge in [-0.3, -0.25) is 0 Å². The first-order valence-electron chi connectivity index (χ1n) is 6.54. The molecule has 3 aromatic rings. The Kier molecular flexibility index (Phi) is 3.28. The summed E-state index contributed by atoms with van der Waals surface area (Å²) in [5.74, 6) is 0.157. The maximum atomic E-state index is 13.1. The molecule has 3 rings (SSSR count). The van der Waals surface area contributed by atoms with Gasteiger partial charge in [0.05, 0.1) is 0 Å². The van der Waals surface area contributed by atoms with Crippen LogP contribution in [0.4, 0.5) is 4.39 Å². The van der Waals surface area contributed by atoms with E-state index in [4.69, 9.17) is 4.42 Å². The molecular formula is C17H15FO2. The van der Waals surface area contributed by atoms with Gasteiger partial charge >= 0.3 is 0 Å². The van der Waals surface area contributed by atoms with Crippen LogP contribution in [0.15, 0.2) is 52.9 Å². The molecule has 0 aliphatic heterocycles. The quantitative estimate of drug-likeness (QED) is 0.775. The van der Waals surface area contributed by atoms with Crippen molar-refractivity contribution in [3.8, 4) is 0 Å². The zero-order chi connectivity index (χ0) is 14.1. The number of furan rings is 1. The highest BCUT2D eigenvalue weighted by Crippen LogP contribution is 2.26. The SMILES string of the molecule is Cc1ccc(CC(O)c2cc3cc(F)ccc3o2)cc1. The molecular weight excluding hydrogens is 255 g/mol. The van der Waals surface area contributed by atoms with E-state index in [1.54, 1.807) is 12.1 Å². The van der Waals surface area contributed by atoms with Crippen molar-refractivity contribution in [1.29, 1.82) is 0 Å². The molecule has 1 N–H and O–H groups in total. The minimum atomic E-state index is -0.729. The number of rotatable bonds is 3. The lowest BCUT2D eigenvalue weighted by Gasteiger charge is -2.07. The fourth-order valence-electron chi connectivity index (χ4n) is 2.25. The fraction of sp³-hybridized carbons (Fsp3) is 0.176. The molecule has 2 aromatic carbocycles. The van der Waals surface area contributed by atoms with Crippen LogP contribution in [0.25, 0.3) is 11.0 Å². The predicted octanol–water partition coefficient (Wildman–Crippen LogP) is 4.16. The second kappa shape index (κ2) is 5.10. The summed E-state index contributed by atoms with van der Waals surface area (Å²) < 4.78 is 18.7. The first kappa shape index (κ1) is 12.9. The Morgan fingerprint density at radius 2 is 1.85 bits per heavy atom. The Balaban J connectivity index is 1.84. The van der Waals surface area contributed by atoms with Crippen molar-refractivity contribution in [3.05, 3.63) is 71.2 Å². The van der Waals surface area contributed by atoms with Gasteiger partial charge in [0.15, 0.2) is 0 Å². The third-order valence-corrected chi connectivity index (χ3v) is 3.38. The summed E-state index contributed by atoms with van der Waals surface area (Å²) in [4.78, 5) is 0. The monoisotopic (exact) mass is 270 g/mol. The van der Waals surface area contributed by atoms with Crippen LogP contribution in [0, 0.1) is 12.7 Å². The minimum Gasteiger partial charge on any atom is -0.458 e. The van der Waals surface area contributed by atoms with Crippen LogP contribution in [0.3, 0.4) is 0 Å². The van der Waals surface area contributed by atoms with Gasteiger partial charge in [-0.2, -0.15) is 0 Å². The molecule has 1 heterocycles. The second-order valence-electron chi connectivity index (χ2n) is 5.04. The van der Waals surface area contributed by atoms with Gasteiger partial charge in [0.25, 0.3) is 0 Å². The molecule has 0 fully saturated rings. The first-order chi connectivity index (χ1) is 9.61. The van der Waals surface area contributed by atoms with Gasteiger partial charge in [0.1, 0.15) is 23.3 Å². The molecule has 0 radical (unpaired) electrons. The number of hydrogen-bond acceptors (Lipinski definition) is 2. The zero-order valence-electron chi connectivity index (χ0n) is 11.1. The van der Waals surface area contributed by atoms with Crippen LogP contribution in [-0.4, -0.2) is 5.11 Å². The Hall–Kier alpha value is -2.13. The van der Waals surface area contributed by atoms with Gasteiger partial charge < -0.3 is 9.52 Å². The van der Waals surface area contributed by atoms with E-state index in [1.165, 1.54) is 17.7 Å². The molecule has 0 spiro atoms. The molecule has 0 saturated heterocycles. The van der Waals surface area contributed by atoms with Gasteiger partial charge in [0, 0.05) is 11.8 Å². The van der Waals surface area contributed by atoms with Crippen molar-refractivity contribution in [2.24, 2.45) is 0 Å². The highest BCUT2D eigenvalue weighted by molar-refractivity contribution is 5.77. The molecule has 0 amide bonds. The molecule has 2 nitrogen and oxygen atoms in total. The van der Waals surface area contributed by atoms with Crippen LogP contribution in [-0.2, 0) is 6.42 Å². The number of fused-ring (bicyclic) bond motifs is 1. The summed E-state index contributed by atoms with van der Waals surface area (Å²) in [6, 6.07) is 14.0. The van der Waals surface area contributed by atoms with Gasteiger partial charge in [-0.05, 0) is 36.8 Å². The van der Waals surface area contributed by atoms with Gasteiger partial charge in [0.2, 0.25) is 0 Å². The number of benzene rings is 2. The van der Waals surface area contributed by atoms with Gasteiger partial charge in [-0.1, -0.05) is 29.8 Å². The highest BCUT2D eigenvalue weighted by Gasteiger charge is 2.14. The van der Waals surface area contributed by atoms with Crippen molar-refractivity contribution in [1.82, 2.24) is 0 Å². The molecule has 102 valence electrons. The zero-order valence-corrected chi connectivity index (χ0v) is 11.1. The summed E-state index contributed by atoms with van der Waals surface area (Å²) in [6.45, 7) is 2.02. The third kappa shape index (κ3) is 2.58. The molecule has 0 saturated carbocycles. The average molecular weight is 270 g/mol. The van der Waals surface area contributed by atoms with Crippen molar-refractivity contribution in [2.75, 3.05) is 0 Å². The normalized spacial score (nSPS) is 12.8. The van der Waals surface area contributed by atoms with Crippen molar-refractivity contribution in [2.45, 2.75) is 19.4 Å². The highest BCUT2D eigenvalue weighted by atomic mass is 19.1. The van der Waals surface area contributed by atoms with E-state index in [0.717, 1.165) is 5.56 Å². The number of aryl methyl sites for hydroxylation is 1. The summed E-state index contributed by atoms with van der Waals surface area (Å²) in [7, 11) is 0. The molecule has 1 atom stereocenters. The number of aliphatic hydroxyl groups excluding tert-OH is 1. The van der Waals surface area contributed by atoms with Gasteiger partial charge in [-0.25, -0.2) is 4.39 Å². The summed E-state index contributed by atoms with van der Waals surface area (Å²) in [5, 5.41) is 10.9. The van der Waals surface area contributed by atoms with E-state index in [1.807, 2.05) is 31.2 Å². The van der Waals surface area contributed by atoms with E-state index >= 15 is 0 Å². The van der Waals surface area contributed by atoms with Crippen LogP contribution in [0.1, 0.15) is 23.0 Å². The van der Waals surface area contributed by atoms with Gasteiger partial charge in [-0.15, -0.1) is 0 Å². The van der Waals surface area contributed by atoms with E-state index in [-0.39, 0.29) is 5.82 Å². The molecule has 0 bridgehead atoms. The number of aliphatic hydroxyl groups is 1. The number of halogens is 1. The van der Waals surface area contributed by atoms with E-state index in [0.29, 0.717) is 23.2 Å². The summed E-state index contributed by atoms with van der Waals surface area (Å²) in [5.41, 5.74) is 2.81. The van der Waals surface area contributed by atoms with Crippen LogP contribution >= 0.6 is 0 Å². The Morgan fingerprint density at radius 1 is 1.10 bits per heavy atom. The molecule has 0 aliphatic carbocycles. The van der Waals surface area contributed by atoms with E-state index in [2.05, 4.69) is 0 Å². The Morgan fingerprint density at radius 3 is 2.60 bits per heavy atom. The van der Waals surface area contributed by atoms with E-state index < -0.39 is 6.10 Å². The largest absolute Gasteiger partial charge is 0.458 e. The second-order valence-corrected chi connectivity index (χ2v) is 5.04. The molecule has 1 aromatic heterocycles. The average Bonchev–Trinajstić information content (AvgIpc) is 2.84. The summed E-state index contributed by atoms with van der Waals surface area (Å²) in [6.07, 6.45) is -0.254. The number of hydrogen-bond donors (Lipinski definition) is 1. The lowest BCUT2D eigenvalue weighted by atomic mass is 10.0. The van der Waals surface area contributed by atoms with Crippen molar-refractivity contribution in [3.63, 3.8) is 0 Å². The molecule has 1 unspecified atom stereocenters. The Bertz CT molecular complexity index is 728. The standard InChI is InChI=1S/C17H15FO2/c1-11-2-4-12(5-3-11)8-15(19)17-10-13-9-14(18)6-7-16(13)20-17/h2-7,9-10,15,19H,8H2,1H3. The summed E-state index contributed by atoms with van der Waals surface area (Å²) >= 11 is 0. The fourth-order valence-corrected chi connectivity index (χ4v) is 2.25. The van der Waals surface area contributed by atoms with E-state index in [9.17, 15) is 9.50 Å². The Labute approximate surface area is 116 Å². The lowest BCUT2D eigenvalue weighted by molar-refractivity contribution is 0.152. The maximum Gasteiger partial charge on any atom is 0.134 e.